The smallest absolute Gasteiger partial charge is 0.290 e. The number of halogens is 1. The van der Waals surface area contributed by atoms with Gasteiger partial charge in [0.25, 0.3) is 5.69 Å². The molecule has 1 N–H and O–H groups in total. The van der Waals surface area contributed by atoms with E-state index in [1.54, 1.807) is 20.0 Å². The molecule has 5 heteroatoms. The molecule has 0 unspecified atom stereocenters. The summed E-state index contributed by atoms with van der Waals surface area (Å²) in [6.45, 7) is 1.78. The lowest BCUT2D eigenvalue weighted by Crippen LogP contribution is -1.95. The number of hydrogen-bond donors (Lipinski definition) is 1. The minimum Gasteiger partial charge on any atom is -0.387 e. The zero-order valence-corrected chi connectivity index (χ0v) is 8.05. The van der Waals surface area contributed by atoms with Gasteiger partial charge in [-0.1, -0.05) is 11.6 Å². The van der Waals surface area contributed by atoms with Crippen LogP contribution in [0.5, 0.6) is 0 Å². The van der Waals surface area contributed by atoms with E-state index < -0.39 is 4.92 Å². The van der Waals surface area contributed by atoms with E-state index in [-0.39, 0.29) is 10.7 Å². The largest absolute Gasteiger partial charge is 0.387 e. The predicted octanol–water partition coefficient (Wildman–Crippen LogP) is 2.60. The van der Waals surface area contributed by atoms with Gasteiger partial charge in [0, 0.05) is 13.1 Å². The molecule has 0 spiro atoms. The molecule has 70 valence electrons. The van der Waals surface area contributed by atoms with Crippen LogP contribution >= 0.6 is 11.6 Å². The summed E-state index contributed by atoms with van der Waals surface area (Å²) in [5.41, 5.74) is 1.32. The molecular formula is C8H9ClN2O2. The highest BCUT2D eigenvalue weighted by Crippen LogP contribution is 2.32. The number of nitro benzene ring substituents is 1. The number of nitrogens with zero attached hydrogens (tertiary/aromatic N) is 1. The maximum absolute atomic E-state index is 10.5. The van der Waals surface area contributed by atoms with E-state index in [0.29, 0.717) is 5.69 Å². The Morgan fingerprint density at radius 1 is 1.54 bits per heavy atom. The van der Waals surface area contributed by atoms with Crippen molar-refractivity contribution >= 4 is 23.0 Å². The highest BCUT2D eigenvalue weighted by atomic mass is 35.5. The second kappa shape index (κ2) is 3.62. The normalized spacial score (nSPS) is 9.77. The quantitative estimate of drug-likeness (QED) is 0.590. The monoisotopic (exact) mass is 200 g/mol. The first kappa shape index (κ1) is 9.80. The number of benzene rings is 1. The van der Waals surface area contributed by atoms with Gasteiger partial charge >= 0.3 is 0 Å². The first-order chi connectivity index (χ1) is 6.06. The first-order valence-electron chi connectivity index (χ1n) is 3.68. The van der Waals surface area contributed by atoms with E-state index in [1.807, 2.05) is 0 Å². The fourth-order valence-electron chi connectivity index (χ4n) is 1.06. The Morgan fingerprint density at radius 2 is 2.15 bits per heavy atom. The molecule has 13 heavy (non-hydrogen) atoms. The molecule has 0 fully saturated rings. The van der Waals surface area contributed by atoms with Crippen molar-refractivity contribution in [3.8, 4) is 0 Å². The van der Waals surface area contributed by atoms with Crippen LogP contribution in [-0.2, 0) is 0 Å². The van der Waals surface area contributed by atoms with Crippen LogP contribution in [0, 0.1) is 17.0 Å². The Hall–Kier alpha value is -1.29. The second-order valence-electron chi connectivity index (χ2n) is 2.65. The summed E-state index contributed by atoms with van der Waals surface area (Å²) in [5.74, 6) is 0. The third kappa shape index (κ3) is 1.89. The van der Waals surface area contributed by atoms with Gasteiger partial charge in [0.2, 0.25) is 0 Å². The molecule has 0 saturated heterocycles. The second-order valence-corrected chi connectivity index (χ2v) is 3.03. The lowest BCUT2D eigenvalue weighted by molar-refractivity contribution is -0.384. The van der Waals surface area contributed by atoms with E-state index >= 15 is 0 Å². The van der Waals surface area contributed by atoms with E-state index in [1.165, 1.54) is 6.07 Å². The third-order valence-electron chi connectivity index (χ3n) is 1.66. The Morgan fingerprint density at radius 3 is 2.62 bits per heavy atom. The number of nitrogens with one attached hydrogen (secondary N) is 1. The fourth-order valence-corrected chi connectivity index (χ4v) is 1.34. The van der Waals surface area contributed by atoms with Crippen LogP contribution in [0.25, 0.3) is 0 Å². The van der Waals surface area contributed by atoms with Gasteiger partial charge in [0.1, 0.15) is 5.02 Å². The average molecular weight is 201 g/mol. The number of rotatable bonds is 2. The summed E-state index contributed by atoms with van der Waals surface area (Å²) in [6.07, 6.45) is 0. The van der Waals surface area contributed by atoms with Crippen LogP contribution in [0.15, 0.2) is 12.1 Å². The first-order valence-corrected chi connectivity index (χ1v) is 4.06. The van der Waals surface area contributed by atoms with Crippen LogP contribution in [-0.4, -0.2) is 12.0 Å². The van der Waals surface area contributed by atoms with Gasteiger partial charge in [-0.15, -0.1) is 0 Å². The molecule has 0 atom stereocenters. The zero-order chi connectivity index (χ0) is 10.0. The maximum Gasteiger partial charge on any atom is 0.290 e. The zero-order valence-electron chi connectivity index (χ0n) is 7.30. The molecule has 1 aromatic carbocycles. The summed E-state index contributed by atoms with van der Waals surface area (Å²) in [6, 6.07) is 3.21. The molecule has 1 aromatic rings. The highest BCUT2D eigenvalue weighted by molar-refractivity contribution is 6.35. The van der Waals surface area contributed by atoms with Crippen molar-refractivity contribution < 1.29 is 4.92 Å². The molecule has 0 saturated carbocycles. The van der Waals surface area contributed by atoms with Gasteiger partial charge in [0.15, 0.2) is 0 Å². The van der Waals surface area contributed by atoms with Crippen LogP contribution in [0.2, 0.25) is 5.02 Å². The highest BCUT2D eigenvalue weighted by Gasteiger charge is 2.15. The average Bonchev–Trinajstić information content (AvgIpc) is 2.08. The standard InChI is InChI=1S/C8H9ClN2O2/c1-5-3-6(10-2)8(9)7(4-5)11(12)13/h3-4,10H,1-2H3. The van der Waals surface area contributed by atoms with Crippen LogP contribution in [0.1, 0.15) is 5.56 Å². The van der Waals surface area contributed by atoms with Crippen molar-refractivity contribution in [3.63, 3.8) is 0 Å². The van der Waals surface area contributed by atoms with Gasteiger partial charge in [-0.05, 0) is 18.6 Å². The molecular weight excluding hydrogens is 192 g/mol. The predicted molar refractivity (Wildman–Crippen MR) is 52.4 cm³/mol. The summed E-state index contributed by atoms with van der Waals surface area (Å²) in [5, 5.41) is 13.5. The molecule has 0 bridgehead atoms. The van der Waals surface area contributed by atoms with Gasteiger partial charge in [-0.2, -0.15) is 0 Å². The lowest BCUT2D eigenvalue weighted by Gasteiger charge is -2.04. The maximum atomic E-state index is 10.5. The van der Waals surface area contributed by atoms with Crippen molar-refractivity contribution in [1.82, 2.24) is 0 Å². The SMILES string of the molecule is CNc1cc(C)cc([N+](=O)[O-])c1Cl. The molecule has 0 radical (unpaired) electrons. The van der Waals surface area contributed by atoms with Gasteiger partial charge in [-0.25, -0.2) is 0 Å². The van der Waals surface area contributed by atoms with E-state index in [9.17, 15) is 10.1 Å². The molecule has 0 aliphatic carbocycles. The topological polar surface area (TPSA) is 55.2 Å². The van der Waals surface area contributed by atoms with Crippen LogP contribution < -0.4 is 5.32 Å². The van der Waals surface area contributed by atoms with Gasteiger partial charge in [-0.3, -0.25) is 10.1 Å². The van der Waals surface area contributed by atoms with Gasteiger partial charge in [0.05, 0.1) is 10.6 Å². The van der Waals surface area contributed by atoms with Crippen molar-refractivity contribution in [1.29, 1.82) is 0 Å². The lowest BCUT2D eigenvalue weighted by atomic mass is 10.2. The number of aryl methyl sites for hydroxylation is 1. The fraction of sp³-hybridized carbons (Fsp3) is 0.250. The molecule has 0 aromatic heterocycles. The summed E-state index contributed by atoms with van der Waals surface area (Å²) >= 11 is 5.77. The van der Waals surface area contributed by atoms with Crippen LogP contribution in [0.3, 0.4) is 0 Å². The van der Waals surface area contributed by atoms with Crippen molar-refractivity contribution in [2.45, 2.75) is 6.92 Å². The Balaban J connectivity index is 3.35. The van der Waals surface area contributed by atoms with E-state index in [2.05, 4.69) is 5.32 Å². The van der Waals surface area contributed by atoms with E-state index in [4.69, 9.17) is 11.6 Å². The Kier molecular flexibility index (Phi) is 2.72. The minimum absolute atomic E-state index is 0.0639. The summed E-state index contributed by atoms with van der Waals surface area (Å²) in [4.78, 5) is 10.0. The Labute approximate surface area is 80.7 Å². The Bertz CT molecular complexity index is 352. The van der Waals surface area contributed by atoms with E-state index in [0.717, 1.165) is 5.56 Å². The molecule has 1 rings (SSSR count). The number of nitro groups is 1. The molecule has 0 aliphatic rings. The molecule has 0 aliphatic heterocycles. The van der Waals surface area contributed by atoms with Crippen molar-refractivity contribution in [2.75, 3.05) is 12.4 Å². The minimum atomic E-state index is -0.490. The van der Waals surface area contributed by atoms with Crippen molar-refractivity contribution in [2.24, 2.45) is 0 Å². The molecule has 0 amide bonds. The summed E-state index contributed by atoms with van der Waals surface area (Å²) in [7, 11) is 1.67. The van der Waals surface area contributed by atoms with Crippen molar-refractivity contribution in [3.05, 3.63) is 32.8 Å². The van der Waals surface area contributed by atoms with Gasteiger partial charge < -0.3 is 5.32 Å². The molecule has 0 heterocycles. The number of hydrogen-bond acceptors (Lipinski definition) is 3. The molecule has 4 nitrogen and oxygen atoms in total. The third-order valence-corrected chi connectivity index (χ3v) is 2.06. The summed E-state index contributed by atoms with van der Waals surface area (Å²) < 4.78 is 0. The number of anilines is 1. The van der Waals surface area contributed by atoms with Crippen LogP contribution in [0.4, 0.5) is 11.4 Å².